The molecule has 1 aromatic carbocycles. The Hall–Kier alpha value is -1.09. The van der Waals surface area contributed by atoms with Crippen molar-refractivity contribution in [2.24, 2.45) is 5.92 Å². The van der Waals surface area contributed by atoms with Gasteiger partial charge in [0.1, 0.15) is 0 Å². The van der Waals surface area contributed by atoms with Gasteiger partial charge >= 0.3 is 0 Å². The molecule has 0 radical (unpaired) electrons. The molecular formula is C15H20N2S. The summed E-state index contributed by atoms with van der Waals surface area (Å²) in [6, 6.07) is 8.34. The highest BCUT2D eigenvalue weighted by atomic mass is 32.1. The Morgan fingerprint density at radius 1 is 1.17 bits per heavy atom. The van der Waals surface area contributed by atoms with Gasteiger partial charge in [-0.2, -0.15) is 0 Å². The minimum Gasteiger partial charge on any atom is -0.361 e. The SMILES string of the molecule is c1ccc2sc(NCCC3CCCCC3)nc2c1. The molecular weight excluding hydrogens is 240 g/mol. The molecule has 1 heterocycles. The number of hydrogen-bond acceptors (Lipinski definition) is 3. The van der Waals surface area contributed by atoms with E-state index in [1.807, 2.05) is 6.07 Å². The van der Waals surface area contributed by atoms with Crippen LogP contribution < -0.4 is 5.32 Å². The van der Waals surface area contributed by atoms with Gasteiger partial charge in [0.05, 0.1) is 10.2 Å². The number of aromatic nitrogens is 1. The predicted molar refractivity (Wildman–Crippen MR) is 79.3 cm³/mol. The normalized spacial score (nSPS) is 17.1. The molecule has 1 aliphatic rings. The van der Waals surface area contributed by atoms with E-state index >= 15 is 0 Å². The van der Waals surface area contributed by atoms with Gasteiger partial charge in [-0.1, -0.05) is 55.6 Å². The van der Waals surface area contributed by atoms with Crippen LogP contribution in [0, 0.1) is 5.92 Å². The summed E-state index contributed by atoms with van der Waals surface area (Å²) in [5, 5.41) is 4.56. The Morgan fingerprint density at radius 2 is 2.00 bits per heavy atom. The molecule has 0 unspecified atom stereocenters. The fraction of sp³-hybridized carbons (Fsp3) is 0.533. The zero-order chi connectivity index (χ0) is 12.2. The van der Waals surface area contributed by atoms with Crippen molar-refractivity contribution in [3.8, 4) is 0 Å². The second-order valence-electron chi connectivity index (χ2n) is 5.21. The highest BCUT2D eigenvalue weighted by Crippen LogP contribution is 2.28. The van der Waals surface area contributed by atoms with Crippen molar-refractivity contribution < 1.29 is 0 Å². The third kappa shape index (κ3) is 2.83. The largest absolute Gasteiger partial charge is 0.361 e. The van der Waals surface area contributed by atoms with Crippen molar-refractivity contribution >= 4 is 26.7 Å². The van der Waals surface area contributed by atoms with E-state index in [0.29, 0.717) is 0 Å². The van der Waals surface area contributed by atoms with Gasteiger partial charge in [-0.15, -0.1) is 0 Å². The highest BCUT2D eigenvalue weighted by molar-refractivity contribution is 7.22. The van der Waals surface area contributed by atoms with Crippen LogP contribution in [0.1, 0.15) is 38.5 Å². The van der Waals surface area contributed by atoms with Crippen LogP contribution in [0.2, 0.25) is 0 Å². The molecule has 0 bridgehead atoms. The fourth-order valence-corrected chi connectivity index (χ4v) is 3.70. The second-order valence-corrected chi connectivity index (χ2v) is 6.24. The zero-order valence-electron chi connectivity index (χ0n) is 10.7. The van der Waals surface area contributed by atoms with Gasteiger partial charge in [-0.3, -0.25) is 0 Å². The molecule has 18 heavy (non-hydrogen) atoms. The summed E-state index contributed by atoms with van der Waals surface area (Å²) in [6.07, 6.45) is 8.48. The van der Waals surface area contributed by atoms with Crippen molar-refractivity contribution in [2.75, 3.05) is 11.9 Å². The van der Waals surface area contributed by atoms with Gasteiger partial charge < -0.3 is 5.32 Å². The maximum atomic E-state index is 4.60. The highest BCUT2D eigenvalue weighted by Gasteiger charge is 2.12. The van der Waals surface area contributed by atoms with Crippen molar-refractivity contribution in [2.45, 2.75) is 38.5 Å². The number of para-hydroxylation sites is 1. The van der Waals surface area contributed by atoms with Gasteiger partial charge in [0.15, 0.2) is 5.13 Å². The number of nitrogens with one attached hydrogen (secondary N) is 1. The first-order valence-corrected chi connectivity index (χ1v) is 7.83. The summed E-state index contributed by atoms with van der Waals surface area (Å²) in [5.41, 5.74) is 1.11. The van der Waals surface area contributed by atoms with E-state index in [4.69, 9.17) is 0 Å². The van der Waals surface area contributed by atoms with Crippen molar-refractivity contribution in [3.63, 3.8) is 0 Å². The van der Waals surface area contributed by atoms with Crippen molar-refractivity contribution in [1.29, 1.82) is 0 Å². The molecule has 1 aromatic heterocycles. The molecule has 96 valence electrons. The molecule has 0 atom stereocenters. The van der Waals surface area contributed by atoms with Crippen LogP contribution in [-0.2, 0) is 0 Å². The smallest absolute Gasteiger partial charge is 0.183 e. The van der Waals surface area contributed by atoms with Gasteiger partial charge in [0.25, 0.3) is 0 Å². The minimum atomic E-state index is 0.945. The molecule has 1 saturated carbocycles. The lowest BCUT2D eigenvalue weighted by Crippen LogP contribution is -2.11. The van der Waals surface area contributed by atoms with E-state index in [-0.39, 0.29) is 0 Å². The average molecular weight is 260 g/mol. The third-order valence-corrected chi connectivity index (χ3v) is 4.84. The molecule has 3 heteroatoms. The number of anilines is 1. The molecule has 3 rings (SSSR count). The zero-order valence-corrected chi connectivity index (χ0v) is 11.5. The minimum absolute atomic E-state index is 0.945. The van der Waals surface area contributed by atoms with E-state index in [2.05, 4.69) is 28.5 Å². The molecule has 0 spiro atoms. The van der Waals surface area contributed by atoms with Crippen molar-refractivity contribution in [1.82, 2.24) is 4.98 Å². The maximum Gasteiger partial charge on any atom is 0.183 e. The Balaban J connectivity index is 1.53. The van der Waals surface area contributed by atoms with Crippen LogP contribution in [0.25, 0.3) is 10.2 Å². The number of fused-ring (bicyclic) bond motifs is 1. The summed E-state index contributed by atoms with van der Waals surface area (Å²) in [6.45, 7) is 1.07. The molecule has 2 aromatic rings. The van der Waals surface area contributed by atoms with Crippen LogP contribution in [0.3, 0.4) is 0 Å². The lowest BCUT2D eigenvalue weighted by molar-refractivity contribution is 0.345. The van der Waals surface area contributed by atoms with E-state index in [1.165, 1.54) is 43.2 Å². The molecule has 0 saturated heterocycles. The van der Waals surface area contributed by atoms with Gasteiger partial charge in [0.2, 0.25) is 0 Å². The van der Waals surface area contributed by atoms with Crippen LogP contribution in [0.5, 0.6) is 0 Å². The number of thiazole rings is 1. The maximum absolute atomic E-state index is 4.60. The first-order valence-electron chi connectivity index (χ1n) is 7.01. The first-order chi connectivity index (χ1) is 8.92. The number of rotatable bonds is 4. The lowest BCUT2D eigenvalue weighted by Gasteiger charge is -2.21. The summed E-state index contributed by atoms with van der Waals surface area (Å²) < 4.78 is 1.28. The van der Waals surface area contributed by atoms with Gasteiger partial charge in [-0.25, -0.2) is 4.98 Å². The standard InChI is InChI=1S/C15H20N2S/c1-2-6-12(7-3-1)10-11-16-15-17-13-8-4-5-9-14(13)18-15/h4-5,8-9,12H,1-3,6-7,10-11H2,(H,16,17). The molecule has 1 N–H and O–H groups in total. The molecule has 0 aliphatic heterocycles. The number of nitrogens with zero attached hydrogens (tertiary/aromatic N) is 1. The monoisotopic (exact) mass is 260 g/mol. The Bertz CT molecular complexity index is 467. The molecule has 0 amide bonds. The fourth-order valence-electron chi connectivity index (χ4n) is 2.81. The summed E-state index contributed by atoms with van der Waals surface area (Å²) in [5.74, 6) is 0.945. The van der Waals surface area contributed by atoms with E-state index in [1.54, 1.807) is 11.3 Å². The lowest BCUT2D eigenvalue weighted by atomic mass is 9.87. The molecule has 1 fully saturated rings. The van der Waals surface area contributed by atoms with Gasteiger partial charge in [0, 0.05) is 6.54 Å². The third-order valence-electron chi connectivity index (χ3n) is 3.85. The summed E-state index contributed by atoms with van der Waals surface area (Å²) in [7, 11) is 0. The first kappa shape index (κ1) is 12.0. The Labute approximate surface area is 112 Å². The Morgan fingerprint density at radius 3 is 2.83 bits per heavy atom. The average Bonchev–Trinajstić information content (AvgIpc) is 2.82. The van der Waals surface area contributed by atoms with Gasteiger partial charge in [-0.05, 0) is 24.5 Å². The topological polar surface area (TPSA) is 24.9 Å². The van der Waals surface area contributed by atoms with Crippen LogP contribution >= 0.6 is 11.3 Å². The van der Waals surface area contributed by atoms with E-state index < -0.39 is 0 Å². The second kappa shape index (κ2) is 5.70. The quantitative estimate of drug-likeness (QED) is 0.863. The molecule has 1 aliphatic carbocycles. The van der Waals surface area contributed by atoms with Crippen LogP contribution in [0.4, 0.5) is 5.13 Å². The van der Waals surface area contributed by atoms with Crippen LogP contribution in [-0.4, -0.2) is 11.5 Å². The number of hydrogen-bond donors (Lipinski definition) is 1. The predicted octanol–water partition coefficient (Wildman–Crippen LogP) is 4.68. The Kier molecular flexibility index (Phi) is 3.79. The number of benzene rings is 1. The molecule has 2 nitrogen and oxygen atoms in total. The summed E-state index contributed by atoms with van der Waals surface area (Å²) >= 11 is 1.76. The van der Waals surface area contributed by atoms with E-state index in [0.717, 1.165) is 23.1 Å². The van der Waals surface area contributed by atoms with Crippen molar-refractivity contribution in [3.05, 3.63) is 24.3 Å². The van der Waals surface area contributed by atoms with Crippen LogP contribution in [0.15, 0.2) is 24.3 Å². The van der Waals surface area contributed by atoms with E-state index in [9.17, 15) is 0 Å². The summed E-state index contributed by atoms with van der Waals surface area (Å²) in [4.78, 5) is 4.60.